The summed E-state index contributed by atoms with van der Waals surface area (Å²) in [4.78, 5) is 14.6. The minimum absolute atomic E-state index is 0.191. The zero-order chi connectivity index (χ0) is 13.9. The highest BCUT2D eigenvalue weighted by molar-refractivity contribution is 5.82. The molecule has 1 atom stereocenters. The molecule has 2 rings (SSSR count). The monoisotopic (exact) mass is 262 g/mol. The number of esters is 1. The Morgan fingerprint density at radius 3 is 2.53 bits per heavy atom. The van der Waals surface area contributed by atoms with Gasteiger partial charge in [-0.15, -0.1) is 0 Å². The fourth-order valence-electron chi connectivity index (χ4n) is 2.84. The SMILES string of the molecule is COC(=O)C(C)(c1ccccc1C)N1CCNCC1. The molecule has 0 aliphatic carbocycles. The topological polar surface area (TPSA) is 41.6 Å². The minimum atomic E-state index is -0.706. The molecule has 1 aliphatic heterocycles. The number of ether oxygens (including phenoxy) is 1. The third-order valence-corrected chi connectivity index (χ3v) is 4.00. The van der Waals surface area contributed by atoms with Gasteiger partial charge in [-0.05, 0) is 25.0 Å². The summed E-state index contributed by atoms with van der Waals surface area (Å²) >= 11 is 0. The van der Waals surface area contributed by atoms with Gasteiger partial charge in [0, 0.05) is 26.2 Å². The lowest BCUT2D eigenvalue weighted by atomic mass is 9.86. The molecule has 1 aromatic carbocycles. The van der Waals surface area contributed by atoms with Gasteiger partial charge in [-0.2, -0.15) is 0 Å². The molecule has 1 unspecified atom stereocenters. The molecule has 0 radical (unpaired) electrons. The van der Waals surface area contributed by atoms with E-state index < -0.39 is 5.54 Å². The maximum Gasteiger partial charge on any atom is 0.330 e. The first-order chi connectivity index (χ1) is 9.10. The summed E-state index contributed by atoms with van der Waals surface area (Å²) in [6, 6.07) is 8.03. The van der Waals surface area contributed by atoms with E-state index in [1.165, 1.54) is 7.11 Å². The van der Waals surface area contributed by atoms with E-state index >= 15 is 0 Å². The molecule has 4 nitrogen and oxygen atoms in total. The Morgan fingerprint density at radius 1 is 1.32 bits per heavy atom. The van der Waals surface area contributed by atoms with Crippen LogP contribution in [0.25, 0.3) is 0 Å². The molecule has 1 N–H and O–H groups in total. The van der Waals surface area contributed by atoms with E-state index in [0.29, 0.717) is 0 Å². The van der Waals surface area contributed by atoms with Crippen LogP contribution in [-0.2, 0) is 15.1 Å². The average Bonchev–Trinajstić information content (AvgIpc) is 2.47. The van der Waals surface area contributed by atoms with E-state index in [1.54, 1.807) is 0 Å². The van der Waals surface area contributed by atoms with Crippen molar-refractivity contribution in [2.45, 2.75) is 19.4 Å². The van der Waals surface area contributed by atoms with Gasteiger partial charge >= 0.3 is 5.97 Å². The van der Waals surface area contributed by atoms with Crippen LogP contribution in [0.15, 0.2) is 24.3 Å². The number of carbonyl (C=O) groups excluding carboxylic acids is 1. The minimum Gasteiger partial charge on any atom is -0.467 e. The maximum atomic E-state index is 12.4. The number of piperazine rings is 1. The van der Waals surface area contributed by atoms with Crippen molar-refractivity contribution in [3.05, 3.63) is 35.4 Å². The molecular weight excluding hydrogens is 240 g/mol. The molecule has 0 saturated carbocycles. The van der Waals surface area contributed by atoms with Crippen LogP contribution in [-0.4, -0.2) is 44.2 Å². The molecule has 1 aromatic rings. The molecule has 1 saturated heterocycles. The molecular formula is C15H22N2O2. The number of hydrogen-bond acceptors (Lipinski definition) is 4. The molecule has 4 heteroatoms. The van der Waals surface area contributed by atoms with Crippen LogP contribution in [0.1, 0.15) is 18.1 Å². The van der Waals surface area contributed by atoms with E-state index in [4.69, 9.17) is 4.74 Å². The van der Waals surface area contributed by atoms with Crippen LogP contribution in [0.5, 0.6) is 0 Å². The summed E-state index contributed by atoms with van der Waals surface area (Å²) in [5.41, 5.74) is 1.44. The fourth-order valence-corrected chi connectivity index (χ4v) is 2.84. The number of methoxy groups -OCH3 is 1. The zero-order valence-electron chi connectivity index (χ0n) is 11.9. The van der Waals surface area contributed by atoms with Crippen LogP contribution in [0, 0.1) is 6.92 Å². The summed E-state index contributed by atoms with van der Waals surface area (Å²) in [5.74, 6) is -0.191. The van der Waals surface area contributed by atoms with Crippen molar-refractivity contribution in [3.8, 4) is 0 Å². The number of hydrogen-bond donors (Lipinski definition) is 1. The molecule has 1 aliphatic rings. The normalized spacial score (nSPS) is 19.7. The average molecular weight is 262 g/mol. The van der Waals surface area contributed by atoms with Crippen LogP contribution < -0.4 is 5.32 Å². The van der Waals surface area contributed by atoms with E-state index in [-0.39, 0.29) is 5.97 Å². The molecule has 19 heavy (non-hydrogen) atoms. The second-order valence-electron chi connectivity index (χ2n) is 5.12. The number of nitrogens with one attached hydrogen (secondary N) is 1. The zero-order valence-corrected chi connectivity index (χ0v) is 11.9. The number of benzene rings is 1. The highest BCUT2D eigenvalue weighted by atomic mass is 16.5. The largest absolute Gasteiger partial charge is 0.467 e. The summed E-state index contributed by atoms with van der Waals surface area (Å²) < 4.78 is 5.08. The van der Waals surface area contributed by atoms with Gasteiger partial charge in [-0.25, -0.2) is 4.79 Å². The Hall–Kier alpha value is -1.39. The molecule has 0 aromatic heterocycles. The van der Waals surface area contributed by atoms with Crippen LogP contribution >= 0.6 is 0 Å². The molecule has 1 fully saturated rings. The van der Waals surface area contributed by atoms with Crippen LogP contribution in [0.2, 0.25) is 0 Å². The fraction of sp³-hybridized carbons (Fsp3) is 0.533. The van der Waals surface area contributed by atoms with Crippen molar-refractivity contribution in [1.29, 1.82) is 0 Å². The molecule has 0 amide bonds. The van der Waals surface area contributed by atoms with Gasteiger partial charge in [0.2, 0.25) is 0 Å². The summed E-state index contributed by atoms with van der Waals surface area (Å²) in [7, 11) is 1.46. The van der Waals surface area contributed by atoms with Crippen molar-refractivity contribution in [1.82, 2.24) is 10.2 Å². The highest BCUT2D eigenvalue weighted by Gasteiger charge is 2.43. The lowest BCUT2D eigenvalue weighted by molar-refractivity contribution is -0.155. The van der Waals surface area contributed by atoms with Gasteiger partial charge < -0.3 is 10.1 Å². The van der Waals surface area contributed by atoms with Crippen molar-refractivity contribution in [2.75, 3.05) is 33.3 Å². The Labute approximate surface area is 114 Å². The van der Waals surface area contributed by atoms with E-state index in [0.717, 1.165) is 37.3 Å². The van der Waals surface area contributed by atoms with Gasteiger partial charge in [0.05, 0.1) is 7.11 Å². The predicted octanol–water partition coefficient (Wildman–Crippen LogP) is 1.29. The Bertz CT molecular complexity index is 455. The lowest BCUT2D eigenvalue weighted by Gasteiger charge is -2.42. The van der Waals surface area contributed by atoms with Crippen molar-refractivity contribution < 1.29 is 9.53 Å². The summed E-state index contributed by atoms with van der Waals surface area (Å²) in [5, 5.41) is 3.32. The Kier molecular flexibility index (Phi) is 4.22. The molecule has 0 bridgehead atoms. The second-order valence-corrected chi connectivity index (χ2v) is 5.12. The Balaban J connectivity index is 2.45. The summed E-state index contributed by atoms with van der Waals surface area (Å²) in [6.07, 6.45) is 0. The number of aryl methyl sites for hydroxylation is 1. The van der Waals surface area contributed by atoms with E-state index in [9.17, 15) is 4.79 Å². The maximum absolute atomic E-state index is 12.4. The van der Waals surface area contributed by atoms with Gasteiger partial charge in [-0.3, -0.25) is 4.90 Å². The van der Waals surface area contributed by atoms with Gasteiger partial charge in [0.1, 0.15) is 5.54 Å². The van der Waals surface area contributed by atoms with Gasteiger partial charge in [-0.1, -0.05) is 24.3 Å². The van der Waals surface area contributed by atoms with Crippen molar-refractivity contribution in [3.63, 3.8) is 0 Å². The van der Waals surface area contributed by atoms with Gasteiger partial charge in [0.15, 0.2) is 0 Å². The standard InChI is InChI=1S/C15H22N2O2/c1-12-6-4-5-7-13(12)15(2,14(18)19-3)17-10-8-16-9-11-17/h4-7,16H,8-11H2,1-3H3. The van der Waals surface area contributed by atoms with Crippen LogP contribution in [0.4, 0.5) is 0 Å². The first kappa shape index (κ1) is 14.0. The molecule has 0 spiro atoms. The van der Waals surface area contributed by atoms with E-state index in [1.807, 2.05) is 38.1 Å². The third kappa shape index (κ3) is 2.51. The van der Waals surface area contributed by atoms with E-state index in [2.05, 4.69) is 10.2 Å². The van der Waals surface area contributed by atoms with Crippen LogP contribution in [0.3, 0.4) is 0 Å². The first-order valence-corrected chi connectivity index (χ1v) is 6.71. The number of rotatable bonds is 3. The lowest BCUT2D eigenvalue weighted by Crippen LogP contribution is -2.57. The Morgan fingerprint density at radius 2 is 1.95 bits per heavy atom. The number of nitrogens with zero attached hydrogens (tertiary/aromatic N) is 1. The summed E-state index contributed by atoms with van der Waals surface area (Å²) in [6.45, 7) is 7.50. The van der Waals surface area contributed by atoms with Gasteiger partial charge in [0.25, 0.3) is 0 Å². The third-order valence-electron chi connectivity index (χ3n) is 4.00. The predicted molar refractivity (Wildman–Crippen MR) is 75.0 cm³/mol. The molecule has 1 heterocycles. The van der Waals surface area contributed by atoms with Crippen molar-refractivity contribution in [2.24, 2.45) is 0 Å². The smallest absolute Gasteiger partial charge is 0.330 e. The number of carbonyl (C=O) groups is 1. The highest BCUT2D eigenvalue weighted by Crippen LogP contribution is 2.32. The molecule has 104 valence electrons. The second kappa shape index (κ2) is 5.72. The quantitative estimate of drug-likeness (QED) is 0.833. The van der Waals surface area contributed by atoms with Crippen molar-refractivity contribution >= 4 is 5.97 Å². The first-order valence-electron chi connectivity index (χ1n) is 6.71.